The molecule has 2 rings (SSSR count). The van der Waals surface area contributed by atoms with Crippen LogP contribution in [0.5, 0.6) is 5.75 Å². The van der Waals surface area contributed by atoms with E-state index < -0.39 is 5.82 Å². The number of hydrogen-bond acceptors (Lipinski definition) is 4. The molecule has 0 aliphatic heterocycles. The zero-order valence-corrected chi connectivity index (χ0v) is 12.5. The van der Waals surface area contributed by atoms with E-state index in [0.717, 1.165) is 5.56 Å². The van der Waals surface area contributed by atoms with Crippen LogP contribution in [-0.4, -0.2) is 24.5 Å². The SMILES string of the molecule is CCOc1ccc(CNc2ncccc2C(=O)NC)cc1F. The number of pyridine rings is 1. The van der Waals surface area contributed by atoms with E-state index in [0.29, 0.717) is 24.5 Å². The Kier molecular flexibility index (Phi) is 5.30. The highest BCUT2D eigenvalue weighted by molar-refractivity contribution is 5.98. The number of carbonyl (C=O) groups is 1. The van der Waals surface area contributed by atoms with Crippen LogP contribution in [0.3, 0.4) is 0 Å². The Bertz CT molecular complexity index is 662. The van der Waals surface area contributed by atoms with Gasteiger partial charge in [-0.2, -0.15) is 0 Å². The van der Waals surface area contributed by atoms with E-state index in [1.165, 1.54) is 6.07 Å². The van der Waals surface area contributed by atoms with Gasteiger partial charge in [0.2, 0.25) is 0 Å². The lowest BCUT2D eigenvalue weighted by Gasteiger charge is -2.11. The maximum absolute atomic E-state index is 13.8. The second-order valence-corrected chi connectivity index (χ2v) is 4.53. The van der Waals surface area contributed by atoms with Crippen LogP contribution in [0, 0.1) is 5.82 Å². The Balaban J connectivity index is 2.10. The molecule has 0 aliphatic rings. The van der Waals surface area contributed by atoms with Gasteiger partial charge in [0.25, 0.3) is 5.91 Å². The minimum atomic E-state index is -0.409. The van der Waals surface area contributed by atoms with Gasteiger partial charge >= 0.3 is 0 Å². The monoisotopic (exact) mass is 303 g/mol. The van der Waals surface area contributed by atoms with Crippen molar-refractivity contribution in [3.05, 3.63) is 53.5 Å². The first-order chi connectivity index (χ1) is 10.7. The molecule has 2 N–H and O–H groups in total. The molecule has 116 valence electrons. The second kappa shape index (κ2) is 7.40. The summed E-state index contributed by atoms with van der Waals surface area (Å²) >= 11 is 0. The summed E-state index contributed by atoms with van der Waals surface area (Å²) in [4.78, 5) is 15.9. The van der Waals surface area contributed by atoms with E-state index in [9.17, 15) is 9.18 Å². The van der Waals surface area contributed by atoms with Crippen LogP contribution in [-0.2, 0) is 6.54 Å². The summed E-state index contributed by atoms with van der Waals surface area (Å²) in [5.41, 5.74) is 1.17. The molecule has 5 nitrogen and oxygen atoms in total. The van der Waals surface area contributed by atoms with Crippen molar-refractivity contribution in [1.82, 2.24) is 10.3 Å². The number of nitrogens with zero attached hydrogens (tertiary/aromatic N) is 1. The first kappa shape index (κ1) is 15.8. The highest BCUT2D eigenvalue weighted by Crippen LogP contribution is 2.19. The van der Waals surface area contributed by atoms with Crippen LogP contribution in [0.1, 0.15) is 22.8 Å². The smallest absolute Gasteiger partial charge is 0.254 e. The van der Waals surface area contributed by atoms with Gasteiger partial charge < -0.3 is 15.4 Å². The van der Waals surface area contributed by atoms with E-state index in [4.69, 9.17) is 4.74 Å². The van der Waals surface area contributed by atoms with Gasteiger partial charge in [-0.1, -0.05) is 6.07 Å². The Labute approximate surface area is 128 Å². The molecule has 1 amide bonds. The summed E-state index contributed by atoms with van der Waals surface area (Å²) in [6.07, 6.45) is 1.59. The first-order valence-electron chi connectivity index (χ1n) is 6.98. The predicted octanol–water partition coefficient (Wildman–Crippen LogP) is 2.59. The molecule has 0 unspecified atom stereocenters. The first-order valence-corrected chi connectivity index (χ1v) is 6.98. The molecular formula is C16H18FN3O2. The van der Waals surface area contributed by atoms with Crippen LogP contribution >= 0.6 is 0 Å². The van der Waals surface area contributed by atoms with Gasteiger partial charge in [0.1, 0.15) is 5.82 Å². The van der Waals surface area contributed by atoms with Crippen molar-refractivity contribution < 1.29 is 13.9 Å². The Hall–Kier alpha value is -2.63. The second-order valence-electron chi connectivity index (χ2n) is 4.53. The van der Waals surface area contributed by atoms with Crippen molar-refractivity contribution in [2.45, 2.75) is 13.5 Å². The minimum absolute atomic E-state index is 0.228. The molecule has 22 heavy (non-hydrogen) atoms. The zero-order valence-electron chi connectivity index (χ0n) is 12.5. The average molecular weight is 303 g/mol. The van der Waals surface area contributed by atoms with E-state index in [-0.39, 0.29) is 11.7 Å². The number of hydrogen-bond donors (Lipinski definition) is 2. The molecule has 0 radical (unpaired) electrons. The minimum Gasteiger partial charge on any atom is -0.491 e. The molecule has 0 spiro atoms. The van der Waals surface area contributed by atoms with E-state index in [1.54, 1.807) is 44.4 Å². The van der Waals surface area contributed by atoms with Crippen molar-refractivity contribution in [1.29, 1.82) is 0 Å². The molecule has 0 aliphatic carbocycles. The number of halogens is 1. The molecule has 1 heterocycles. The zero-order chi connectivity index (χ0) is 15.9. The Morgan fingerprint density at radius 1 is 1.36 bits per heavy atom. The molecule has 0 bridgehead atoms. The van der Waals surface area contributed by atoms with Crippen molar-refractivity contribution in [3.63, 3.8) is 0 Å². The van der Waals surface area contributed by atoms with Gasteiger partial charge in [0.05, 0.1) is 12.2 Å². The van der Waals surface area contributed by atoms with Crippen LogP contribution in [0.15, 0.2) is 36.5 Å². The van der Waals surface area contributed by atoms with Gasteiger partial charge in [-0.05, 0) is 36.8 Å². The van der Waals surface area contributed by atoms with Crippen LogP contribution in [0.25, 0.3) is 0 Å². The average Bonchev–Trinajstić information content (AvgIpc) is 2.55. The summed E-state index contributed by atoms with van der Waals surface area (Å²) in [6, 6.07) is 8.12. The van der Waals surface area contributed by atoms with Gasteiger partial charge in [-0.15, -0.1) is 0 Å². The molecule has 0 fully saturated rings. The lowest BCUT2D eigenvalue weighted by Crippen LogP contribution is -2.20. The number of ether oxygens (including phenoxy) is 1. The standard InChI is InChI=1S/C16H18FN3O2/c1-3-22-14-7-6-11(9-13(14)17)10-20-15-12(16(21)18-2)5-4-8-19-15/h4-9H,3,10H2,1-2H3,(H,18,21)(H,19,20). The van der Waals surface area contributed by atoms with Crippen molar-refractivity contribution in [3.8, 4) is 5.75 Å². The van der Waals surface area contributed by atoms with E-state index in [2.05, 4.69) is 15.6 Å². The van der Waals surface area contributed by atoms with Crippen molar-refractivity contribution in [2.24, 2.45) is 0 Å². The number of benzene rings is 1. The van der Waals surface area contributed by atoms with Gasteiger partial charge in [-0.25, -0.2) is 9.37 Å². The number of anilines is 1. The molecule has 6 heteroatoms. The predicted molar refractivity (Wildman–Crippen MR) is 82.5 cm³/mol. The lowest BCUT2D eigenvalue weighted by molar-refractivity contribution is 0.0963. The summed E-state index contributed by atoms with van der Waals surface area (Å²) < 4.78 is 19.0. The molecule has 2 aromatic rings. The van der Waals surface area contributed by atoms with E-state index in [1.807, 2.05) is 0 Å². The van der Waals surface area contributed by atoms with Crippen LogP contribution in [0.4, 0.5) is 10.2 Å². The fourth-order valence-corrected chi connectivity index (χ4v) is 1.98. The molecule has 0 saturated heterocycles. The fraction of sp³-hybridized carbons (Fsp3) is 0.250. The number of aromatic nitrogens is 1. The third kappa shape index (κ3) is 3.72. The normalized spacial score (nSPS) is 10.1. The third-order valence-electron chi connectivity index (χ3n) is 3.04. The highest BCUT2D eigenvalue weighted by atomic mass is 19.1. The Morgan fingerprint density at radius 3 is 2.86 bits per heavy atom. The third-order valence-corrected chi connectivity index (χ3v) is 3.04. The van der Waals surface area contributed by atoms with Gasteiger partial charge in [0, 0.05) is 19.8 Å². The fourth-order valence-electron chi connectivity index (χ4n) is 1.98. The van der Waals surface area contributed by atoms with Crippen LogP contribution < -0.4 is 15.4 Å². The largest absolute Gasteiger partial charge is 0.491 e. The lowest BCUT2D eigenvalue weighted by atomic mass is 10.2. The van der Waals surface area contributed by atoms with E-state index >= 15 is 0 Å². The number of amides is 1. The number of nitrogens with one attached hydrogen (secondary N) is 2. The highest BCUT2D eigenvalue weighted by Gasteiger charge is 2.10. The van der Waals surface area contributed by atoms with Gasteiger partial charge in [0.15, 0.2) is 11.6 Å². The summed E-state index contributed by atoms with van der Waals surface area (Å²) in [5, 5.41) is 5.60. The van der Waals surface area contributed by atoms with Gasteiger partial charge in [-0.3, -0.25) is 4.79 Å². The molecular weight excluding hydrogens is 285 g/mol. The maximum atomic E-state index is 13.8. The topological polar surface area (TPSA) is 63.2 Å². The van der Waals surface area contributed by atoms with Crippen LogP contribution in [0.2, 0.25) is 0 Å². The van der Waals surface area contributed by atoms with Crippen molar-refractivity contribution >= 4 is 11.7 Å². The molecule has 0 atom stereocenters. The maximum Gasteiger partial charge on any atom is 0.254 e. The number of rotatable bonds is 6. The molecule has 1 aromatic heterocycles. The molecule has 0 saturated carbocycles. The molecule has 1 aromatic carbocycles. The Morgan fingerprint density at radius 2 is 2.18 bits per heavy atom. The summed E-state index contributed by atoms with van der Waals surface area (Å²) in [6.45, 7) is 2.57. The summed E-state index contributed by atoms with van der Waals surface area (Å²) in [7, 11) is 1.56. The summed E-state index contributed by atoms with van der Waals surface area (Å²) in [5.74, 6) is 0.0495. The number of carbonyl (C=O) groups excluding carboxylic acids is 1. The quantitative estimate of drug-likeness (QED) is 0.861. The van der Waals surface area contributed by atoms with Crippen molar-refractivity contribution in [2.75, 3.05) is 19.0 Å².